The Morgan fingerprint density at radius 2 is 1.58 bits per heavy atom. The summed E-state index contributed by atoms with van der Waals surface area (Å²) in [7, 11) is 0. The summed E-state index contributed by atoms with van der Waals surface area (Å²) >= 11 is 9.53. The van der Waals surface area contributed by atoms with Gasteiger partial charge in [0.1, 0.15) is 0 Å². The van der Waals surface area contributed by atoms with Crippen molar-refractivity contribution in [2.45, 2.75) is 13.5 Å². The predicted molar refractivity (Wildman–Crippen MR) is 53.7 cm³/mol. The molecule has 0 amide bonds. The van der Waals surface area contributed by atoms with Gasteiger partial charge in [-0.3, -0.25) is 0 Å². The van der Waals surface area contributed by atoms with E-state index in [1.807, 2.05) is 31.2 Å². The first-order chi connectivity index (χ1) is 5.74. The van der Waals surface area contributed by atoms with Gasteiger partial charge in [-0.1, -0.05) is 29.8 Å². The lowest BCUT2D eigenvalue weighted by molar-refractivity contribution is 0.282. The lowest BCUT2D eigenvalue weighted by Crippen LogP contribution is -1.80. The zero-order valence-electron chi connectivity index (χ0n) is 6.93. The van der Waals surface area contributed by atoms with E-state index < -0.39 is 0 Å². The summed E-state index contributed by atoms with van der Waals surface area (Å²) in [6.45, 7) is 2.17. The van der Waals surface area contributed by atoms with Crippen molar-refractivity contribution < 1.29 is 5.11 Å². The third kappa shape index (κ3) is 5.42. The molecule has 12 heavy (non-hydrogen) atoms. The summed E-state index contributed by atoms with van der Waals surface area (Å²) in [5, 5.41) is 8.82. The number of benzene rings is 1. The van der Waals surface area contributed by atoms with Crippen LogP contribution in [0.2, 0.25) is 0 Å². The van der Waals surface area contributed by atoms with Gasteiger partial charge >= 0.3 is 0 Å². The van der Waals surface area contributed by atoms with Crippen LogP contribution < -0.4 is 0 Å². The number of hydrogen-bond donors (Lipinski definition) is 1. The van der Waals surface area contributed by atoms with Crippen LogP contribution in [0.5, 0.6) is 0 Å². The molecule has 0 aliphatic carbocycles. The van der Waals surface area contributed by atoms with Gasteiger partial charge in [0, 0.05) is 0 Å². The Balaban J connectivity index is 0.000000354. The molecule has 1 aromatic rings. The van der Waals surface area contributed by atoms with Crippen LogP contribution in [0.3, 0.4) is 0 Å². The first kappa shape index (κ1) is 11.8. The smallest absolute Gasteiger partial charge is 0.0967 e. The fourth-order valence-corrected chi connectivity index (χ4v) is 0.693. The molecular weight excluding hydrogens is 195 g/mol. The highest BCUT2D eigenvalue weighted by atomic mass is 35.5. The van der Waals surface area contributed by atoms with E-state index in [0.29, 0.717) is 0 Å². The molecule has 0 aliphatic heterocycles. The average molecular weight is 207 g/mol. The Bertz CT molecular complexity index is 196. The first-order valence-electron chi connectivity index (χ1n) is 3.53. The van der Waals surface area contributed by atoms with Crippen molar-refractivity contribution in [3.05, 3.63) is 35.4 Å². The van der Waals surface area contributed by atoms with Crippen molar-refractivity contribution >= 4 is 23.2 Å². The second kappa shape index (κ2) is 7.41. The molecule has 0 saturated heterocycles. The largest absolute Gasteiger partial charge is 0.392 e. The maximum atomic E-state index is 8.63. The Morgan fingerprint density at radius 3 is 1.92 bits per heavy atom. The van der Waals surface area contributed by atoms with Crippen LogP contribution in [0.4, 0.5) is 0 Å². The number of alkyl halides is 2. The molecule has 0 unspecified atom stereocenters. The van der Waals surface area contributed by atoms with Crippen molar-refractivity contribution in [3.8, 4) is 0 Å². The van der Waals surface area contributed by atoms with E-state index in [9.17, 15) is 0 Å². The van der Waals surface area contributed by atoms with Gasteiger partial charge in [-0.2, -0.15) is 0 Å². The van der Waals surface area contributed by atoms with Crippen LogP contribution in [-0.2, 0) is 6.61 Å². The minimum absolute atomic E-state index is 0.139. The standard InChI is InChI=1S/C8H10O.CH2Cl2/c1-7-2-4-8(6-9)5-3-7;2-1-3/h2-5,9H,6H2,1H3;1H2. The van der Waals surface area contributed by atoms with Gasteiger partial charge in [0.05, 0.1) is 11.9 Å². The molecule has 0 radical (unpaired) electrons. The third-order valence-electron chi connectivity index (χ3n) is 1.30. The molecule has 0 heterocycles. The van der Waals surface area contributed by atoms with E-state index in [0.717, 1.165) is 5.56 Å². The summed E-state index contributed by atoms with van der Waals surface area (Å²) in [6.07, 6.45) is 0. The summed E-state index contributed by atoms with van der Waals surface area (Å²) < 4.78 is 0. The molecule has 1 rings (SSSR count). The highest BCUT2D eigenvalue weighted by molar-refractivity contribution is 6.40. The number of aliphatic hydroxyl groups excluding tert-OH is 1. The van der Waals surface area contributed by atoms with Crippen LogP contribution in [0.1, 0.15) is 11.1 Å². The van der Waals surface area contributed by atoms with Gasteiger partial charge in [-0.15, -0.1) is 23.2 Å². The molecule has 0 aromatic heterocycles. The number of hydrogen-bond acceptors (Lipinski definition) is 1. The Labute approximate surface area is 82.9 Å². The molecule has 1 nitrogen and oxygen atoms in total. The van der Waals surface area contributed by atoms with E-state index in [2.05, 4.69) is 0 Å². The normalized spacial score (nSPS) is 8.67. The predicted octanol–water partition coefficient (Wildman–Crippen LogP) is 2.91. The molecular formula is C9H12Cl2O. The quantitative estimate of drug-likeness (QED) is 0.702. The highest BCUT2D eigenvalue weighted by Crippen LogP contribution is 2.01. The number of aryl methyl sites for hydroxylation is 1. The van der Waals surface area contributed by atoms with Crippen molar-refractivity contribution in [2.24, 2.45) is 0 Å². The fraction of sp³-hybridized carbons (Fsp3) is 0.333. The molecule has 0 fully saturated rings. The minimum atomic E-state index is 0.139. The van der Waals surface area contributed by atoms with Gasteiger partial charge in [0.25, 0.3) is 0 Å². The lowest BCUT2D eigenvalue weighted by atomic mass is 10.2. The van der Waals surface area contributed by atoms with Crippen molar-refractivity contribution in [3.63, 3.8) is 0 Å². The maximum absolute atomic E-state index is 8.63. The molecule has 0 bridgehead atoms. The summed E-state index contributed by atoms with van der Waals surface area (Å²) in [6, 6.07) is 7.84. The summed E-state index contributed by atoms with van der Waals surface area (Å²) in [4.78, 5) is 0. The van der Waals surface area contributed by atoms with E-state index in [-0.39, 0.29) is 11.9 Å². The van der Waals surface area contributed by atoms with E-state index in [1.165, 1.54) is 5.56 Å². The van der Waals surface area contributed by atoms with Crippen LogP contribution in [0, 0.1) is 6.92 Å². The van der Waals surface area contributed by atoms with Crippen molar-refractivity contribution in [1.82, 2.24) is 0 Å². The Morgan fingerprint density at radius 1 is 1.17 bits per heavy atom. The first-order valence-corrected chi connectivity index (χ1v) is 4.59. The number of rotatable bonds is 1. The summed E-state index contributed by atoms with van der Waals surface area (Å²) in [5.41, 5.74) is 2.20. The zero-order valence-corrected chi connectivity index (χ0v) is 8.44. The van der Waals surface area contributed by atoms with Gasteiger partial charge in [-0.25, -0.2) is 0 Å². The molecule has 0 spiro atoms. The average Bonchev–Trinajstić information content (AvgIpc) is 2.07. The minimum Gasteiger partial charge on any atom is -0.392 e. The highest BCUT2D eigenvalue weighted by Gasteiger charge is 1.85. The lowest BCUT2D eigenvalue weighted by Gasteiger charge is -1.93. The van der Waals surface area contributed by atoms with E-state index in [4.69, 9.17) is 28.3 Å². The number of aliphatic hydroxyl groups is 1. The summed E-state index contributed by atoms with van der Waals surface area (Å²) in [5.74, 6) is 0. The molecule has 3 heteroatoms. The van der Waals surface area contributed by atoms with Crippen LogP contribution in [0.15, 0.2) is 24.3 Å². The monoisotopic (exact) mass is 206 g/mol. The van der Waals surface area contributed by atoms with Crippen molar-refractivity contribution in [1.29, 1.82) is 0 Å². The molecule has 1 N–H and O–H groups in total. The van der Waals surface area contributed by atoms with E-state index in [1.54, 1.807) is 0 Å². The van der Waals surface area contributed by atoms with Crippen LogP contribution in [0.25, 0.3) is 0 Å². The van der Waals surface area contributed by atoms with Gasteiger partial charge in [0.15, 0.2) is 0 Å². The fourth-order valence-electron chi connectivity index (χ4n) is 0.693. The van der Waals surface area contributed by atoms with Gasteiger partial charge in [-0.05, 0) is 12.5 Å². The molecule has 0 atom stereocenters. The van der Waals surface area contributed by atoms with Crippen LogP contribution in [-0.4, -0.2) is 10.4 Å². The van der Waals surface area contributed by atoms with Crippen molar-refractivity contribution in [2.75, 3.05) is 5.34 Å². The molecule has 68 valence electrons. The Kier molecular flexibility index (Phi) is 7.26. The zero-order chi connectivity index (χ0) is 9.40. The topological polar surface area (TPSA) is 20.2 Å². The van der Waals surface area contributed by atoms with E-state index >= 15 is 0 Å². The van der Waals surface area contributed by atoms with Crippen LogP contribution >= 0.6 is 23.2 Å². The molecule has 0 saturated carbocycles. The maximum Gasteiger partial charge on any atom is 0.0967 e. The second-order valence-electron chi connectivity index (χ2n) is 2.24. The SMILES string of the molecule is Cc1ccc(CO)cc1.ClCCl. The third-order valence-corrected chi connectivity index (χ3v) is 1.30. The van der Waals surface area contributed by atoms with Gasteiger partial charge < -0.3 is 5.11 Å². The molecule has 1 aromatic carbocycles. The molecule has 0 aliphatic rings. The Hall–Kier alpha value is -0.240. The van der Waals surface area contributed by atoms with Gasteiger partial charge in [0.2, 0.25) is 0 Å². The second-order valence-corrected chi connectivity index (χ2v) is 3.05. The number of halogens is 2.